The molecule has 0 aliphatic rings. The number of nitrogens with one attached hydrogen (secondary N) is 1. The zero-order valence-corrected chi connectivity index (χ0v) is 24.8. The van der Waals surface area contributed by atoms with Crippen LogP contribution in [0.5, 0.6) is 5.75 Å². The molecule has 6 rings (SSSR count). The molecule has 9 heteroatoms. The highest BCUT2D eigenvalue weighted by Crippen LogP contribution is 2.40. The minimum Gasteiger partial charge on any atom is -0.493 e. The molecule has 0 aliphatic heterocycles. The van der Waals surface area contributed by atoms with Crippen LogP contribution in [-0.4, -0.2) is 39.2 Å². The molecule has 0 atom stereocenters. The van der Waals surface area contributed by atoms with Crippen molar-refractivity contribution in [3.05, 3.63) is 120 Å². The van der Waals surface area contributed by atoms with Crippen molar-refractivity contribution < 1.29 is 18.7 Å². The van der Waals surface area contributed by atoms with Crippen LogP contribution in [0.4, 0.5) is 10.2 Å². The lowest BCUT2D eigenvalue weighted by Gasteiger charge is -2.25. The molecule has 0 aliphatic carbocycles. The topological polar surface area (TPSA) is 85.3 Å². The number of carbonyl (C=O) groups excluding carboxylic acids is 1. The fourth-order valence-corrected chi connectivity index (χ4v) is 5.45. The van der Waals surface area contributed by atoms with Gasteiger partial charge in [-0.3, -0.25) is 0 Å². The normalized spacial score (nSPS) is 11.1. The van der Waals surface area contributed by atoms with Gasteiger partial charge in [-0.25, -0.2) is 19.2 Å². The molecule has 0 saturated carbocycles. The predicted molar refractivity (Wildman–Crippen MR) is 169 cm³/mol. The van der Waals surface area contributed by atoms with Crippen LogP contribution in [0.15, 0.2) is 97.5 Å². The second-order valence-electron chi connectivity index (χ2n) is 10.4. The van der Waals surface area contributed by atoms with E-state index < -0.39 is 11.8 Å². The van der Waals surface area contributed by atoms with Gasteiger partial charge in [-0.15, -0.1) is 0 Å². The Balaban J connectivity index is 1.54. The van der Waals surface area contributed by atoms with E-state index >= 15 is 4.39 Å². The van der Waals surface area contributed by atoms with Crippen LogP contribution >= 0.6 is 0 Å². The van der Waals surface area contributed by atoms with Crippen LogP contribution < -0.4 is 9.64 Å². The number of rotatable bonds is 10. The Morgan fingerprint density at radius 1 is 0.977 bits per heavy atom. The van der Waals surface area contributed by atoms with Crippen molar-refractivity contribution in [2.45, 2.75) is 20.0 Å². The monoisotopic (exact) mass is 589 g/mol. The first-order valence-electron chi connectivity index (χ1n) is 14.3. The van der Waals surface area contributed by atoms with E-state index in [4.69, 9.17) is 14.5 Å². The number of aromatic nitrogens is 4. The van der Waals surface area contributed by atoms with Gasteiger partial charge in [0.1, 0.15) is 17.4 Å². The van der Waals surface area contributed by atoms with E-state index in [0.29, 0.717) is 59.2 Å². The Labute approximate surface area is 254 Å². The molecule has 0 radical (unpaired) electrons. The van der Waals surface area contributed by atoms with E-state index in [2.05, 4.69) is 39.1 Å². The standard InChI is InChI=1S/C35H32FN5O3/c1-4-44-30-18-25(33-37-15-16-40(33)2)17-28(36)31(30)29-19-26-27(35(42)43-3)20-38-34(32(26)39-29)41(21-23-11-7-5-8-12-23)22-24-13-9-6-10-14-24/h5-20,39H,4,21-22H2,1-3H3. The number of hydrogen-bond donors (Lipinski definition) is 1. The van der Waals surface area contributed by atoms with Crippen LogP contribution in [0, 0.1) is 5.82 Å². The molecule has 0 fully saturated rings. The lowest BCUT2D eigenvalue weighted by molar-refractivity contribution is 0.0602. The van der Waals surface area contributed by atoms with E-state index in [1.54, 1.807) is 24.5 Å². The van der Waals surface area contributed by atoms with Crippen molar-refractivity contribution in [3.8, 4) is 28.4 Å². The molecule has 3 aromatic heterocycles. The molecule has 8 nitrogen and oxygen atoms in total. The molecule has 0 unspecified atom stereocenters. The summed E-state index contributed by atoms with van der Waals surface area (Å²) in [5, 5.41) is 0.568. The molecular formula is C35H32FN5O3. The zero-order valence-electron chi connectivity index (χ0n) is 24.8. The van der Waals surface area contributed by atoms with Gasteiger partial charge in [0, 0.05) is 49.7 Å². The van der Waals surface area contributed by atoms with Gasteiger partial charge in [0.2, 0.25) is 0 Å². The molecule has 6 aromatic rings. The summed E-state index contributed by atoms with van der Waals surface area (Å²) in [6, 6.07) is 25.2. The van der Waals surface area contributed by atoms with E-state index in [1.165, 1.54) is 19.4 Å². The molecule has 0 saturated heterocycles. The zero-order chi connectivity index (χ0) is 30.6. The molecule has 44 heavy (non-hydrogen) atoms. The fourth-order valence-electron chi connectivity index (χ4n) is 5.45. The number of methoxy groups -OCH3 is 1. The molecule has 0 spiro atoms. The van der Waals surface area contributed by atoms with E-state index in [9.17, 15) is 4.79 Å². The fraction of sp³-hybridized carbons (Fsp3) is 0.171. The highest BCUT2D eigenvalue weighted by Gasteiger charge is 2.24. The summed E-state index contributed by atoms with van der Waals surface area (Å²) in [7, 11) is 3.18. The number of esters is 1. The van der Waals surface area contributed by atoms with Crippen LogP contribution in [0.3, 0.4) is 0 Å². The second kappa shape index (κ2) is 12.4. The minimum absolute atomic E-state index is 0.250. The number of H-pyrrole nitrogens is 1. The van der Waals surface area contributed by atoms with Gasteiger partial charge in [-0.05, 0) is 36.2 Å². The number of fused-ring (bicyclic) bond motifs is 1. The largest absolute Gasteiger partial charge is 0.493 e. The summed E-state index contributed by atoms with van der Waals surface area (Å²) < 4.78 is 29.0. The third-order valence-corrected chi connectivity index (χ3v) is 7.49. The summed E-state index contributed by atoms with van der Waals surface area (Å²) in [5.41, 5.74) is 4.34. The maximum absolute atomic E-state index is 16.1. The van der Waals surface area contributed by atoms with Crippen LogP contribution in [0.1, 0.15) is 28.4 Å². The summed E-state index contributed by atoms with van der Waals surface area (Å²) in [6.45, 7) is 3.29. The number of aromatic amines is 1. The SMILES string of the molecule is CCOc1cc(-c2nccn2C)cc(F)c1-c1cc2c(C(=O)OC)cnc(N(Cc3ccccc3)Cc3ccccc3)c2[nH]1. The number of ether oxygens (including phenoxy) is 2. The average molecular weight is 590 g/mol. The first kappa shape index (κ1) is 28.7. The van der Waals surface area contributed by atoms with Crippen molar-refractivity contribution in [3.63, 3.8) is 0 Å². The Bertz CT molecular complexity index is 1880. The third-order valence-electron chi connectivity index (χ3n) is 7.49. The highest BCUT2D eigenvalue weighted by molar-refractivity contribution is 6.08. The quantitative estimate of drug-likeness (QED) is 0.171. The number of anilines is 1. The van der Waals surface area contributed by atoms with Gasteiger partial charge in [-0.2, -0.15) is 0 Å². The number of aryl methyl sites for hydroxylation is 1. The molecule has 1 N–H and O–H groups in total. The van der Waals surface area contributed by atoms with Crippen molar-refractivity contribution in [2.24, 2.45) is 7.05 Å². The van der Waals surface area contributed by atoms with Crippen LogP contribution in [-0.2, 0) is 24.9 Å². The molecule has 3 heterocycles. The van der Waals surface area contributed by atoms with Gasteiger partial charge in [-0.1, -0.05) is 60.7 Å². The van der Waals surface area contributed by atoms with Gasteiger partial charge >= 0.3 is 5.97 Å². The molecular weight excluding hydrogens is 557 g/mol. The average Bonchev–Trinajstić information content (AvgIpc) is 3.67. The second-order valence-corrected chi connectivity index (χ2v) is 10.4. The Morgan fingerprint density at radius 2 is 1.66 bits per heavy atom. The van der Waals surface area contributed by atoms with Crippen molar-refractivity contribution in [1.29, 1.82) is 0 Å². The van der Waals surface area contributed by atoms with Gasteiger partial charge < -0.3 is 23.9 Å². The molecule has 0 amide bonds. The molecule has 3 aromatic carbocycles. The summed E-state index contributed by atoms with van der Waals surface area (Å²) in [5.74, 6) is 0.573. The number of hydrogen-bond acceptors (Lipinski definition) is 6. The van der Waals surface area contributed by atoms with Crippen LogP contribution in [0.2, 0.25) is 0 Å². The third kappa shape index (κ3) is 5.64. The van der Waals surface area contributed by atoms with E-state index in [1.807, 2.05) is 54.9 Å². The van der Waals surface area contributed by atoms with Crippen molar-refractivity contribution in [1.82, 2.24) is 19.5 Å². The van der Waals surface area contributed by atoms with E-state index in [0.717, 1.165) is 11.1 Å². The number of imidazole rings is 1. The predicted octanol–water partition coefficient (Wildman–Crippen LogP) is 7.16. The number of nitrogens with zero attached hydrogens (tertiary/aromatic N) is 4. The summed E-state index contributed by atoms with van der Waals surface area (Å²) in [6.07, 6.45) is 4.99. The van der Waals surface area contributed by atoms with Gasteiger partial charge in [0.15, 0.2) is 5.82 Å². The maximum atomic E-state index is 16.1. The first-order valence-corrected chi connectivity index (χ1v) is 14.3. The smallest absolute Gasteiger partial charge is 0.340 e. The van der Waals surface area contributed by atoms with Gasteiger partial charge in [0.25, 0.3) is 0 Å². The first-order chi connectivity index (χ1) is 21.5. The summed E-state index contributed by atoms with van der Waals surface area (Å²) in [4.78, 5) is 27.6. The Morgan fingerprint density at radius 3 is 2.25 bits per heavy atom. The maximum Gasteiger partial charge on any atom is 0.340 e. The number of halogens is 1. The number of benzene rings is 3. The molecule has 0 bridgehead atoms. The van der Waals surface area contributed by atoms with Gasteiger partial charge in [0.05, 0.1) is 36.1 Å². The lowest BCUT2D eigenvalue weighted by Crippen LogP contribution is -2.24. The van der Waals surface area contributed by atoms with Crippen molar-refractivity contribution >= 4 is 22.7 Å². The minimum atomic E-state index is -0.534. The van der Waals surface area contributed by atoms with Crippen molar-refractivity contribution in [2.75, 3.05) is 18.6 Å². The number of pyridine rings is 1. The van der Waals surface area contributed by atoms with Crippen LogP contribution in [0.25, 0.3) is 33.5 Å². The Kier molecular flexibility index (Phi) is 8.10. The highest BCUT2D eigenvalue weighted by atomic mass is 19.1. The number of carbonyl (C=O) groups is 1. The van der Waals surface area contributed by atoms with E-state index in [-0.39, 0.29) is 11.1 Å². The lowest BCUT2D eigenvalue weighted by atomic mass is 10.0. The molecule has 222 valence electrons. The summed E-state index contributed by atoms with van der Waals surface area (Å²) >= 11 is 0. The Hall–Kier alpha value is -5.44.